The standard InChI is InChI=1S/C16H17NO4/c18-14-9-13(21-11-15(14)19)10-17-16(20)8-4-7-12-5-2-1-3-6-12/h1-3,5-6,9H,4,7-8,10-11H2,(H,17,20). The van der Waals surface area contributed by atoms with Crippen LogP contribution < -0.4 is 5.32 Å². The minimum atomic E-state index is -0.574. The van der Waals surface area contributed by atoms with Crippen molar-refractivity contribution in [2.75, 3.05) is 13.2 Å². The van der Waals surface area contributed by atoms with Gasteiger partial charge in [0.05, 0.1) is 6.54 Å². The van der Waals surface area contributed by atoms with E-state index in [1.807, 2.05) is 30.3 Å². The molecule has 0 unspecified atom stereocenters. The van der Waals surface area contributed by atoms with Gasteiger partial charge in [-0.2, -0.15) is 0 Å². The summed E-state index contributed by atoms with van der Waals surface area (Å²) < 4.78 is 5.06. The number of hydrogen-bond acceptors (Lipinski definition) is 4. The molecular weight excluding hydrogens is 270 g/mol. The van der Waals surface area contributed by atoms with Crippen LogP contribution in [0.25, 0.3) is 0 Å². The van der Waals surface area contributed by atoms with Gasteiger partial charge in [0, 0.05) is 12.5 Å². The molecule has 0 aromatic heterocycles. The van der Waals surface area contributed by atoms with E-state index in [-0.39, 0.29) is 19.1 Å². The van der Waals surface area contributed by atoms with E-state index in [1.165, 1.54) is 5.56 Å². The highest BCUT2D eigenvalue weighted by Crippen LogP contribution is 2.06. The number of aryl methyl sites for hydroxylation is 1. The van der Waals surface area contributed by atoms with Crippen molar-refractivity contribution in [2.24, 2.45) is 0 Å². The zero-order chi connectivity index (χ0) is 15.1. The van der Waals surface area contributed by atoms with Gasteiger partial charge in [0.1, 0.15) is 5.76 Å². The van der Waals surface area contributed by atoms with Gasteiger partial charge in [-0.05, 0) is 18.4 Å². The Hall–Kier alpha value is -2.43. The molecule has 21 heavy (non-hydrogen) atoms. The number of ketones is 2. The molecule has 1 heterocycles. The van der Waals surface area contributed by atoms with E-state index in [4.69, 9.17) is 4.74 Å². The summed E-state index contributed by atoms with van der Waals surface area (Å²) in [6.07, 6.45) is 3.15. The van der Waals surface area contributed by atoms with Crippen molar-refractivity contribution in [2.45, 2.75) is 19.3 Å². The van der Waals surface area contributed by atoms with E-state index in [0.717, 1.165) is 18.9 Å². The fourth-order valence-corrected chi connectivity index (χ4v) is 1.97. The van der Waals surface area contributed by atoms with Crippen LogP contribution in [-0.4, -0.2) is 30.6 Å². The first-order valence-corrected chi connectivity index (χ1v) is 6.86. The van der Waals surface area contributed by atoms with Crippen molar-refractivity contribution in [1.82, 2.24) is 5.32 Å². The van der Waals surface area contributed by atoms with Crippen LogP contribution in [0, 0.1) is 0 Å². The Morgan fingerprint density at radius 1 is 1.19 bits per heavy atom. The molecule has 1 aliphatic rings. The zero-order valence-electron chi connectivity index (χ0n) is 11.6. The second-order valence-corrected chi connectivity index (χ2v) is 4.80. The number of hydrogen-bond donors (Lipinski definition) is 1. The molecule has 0 saturated heterocycles. The number of ether oxygens (including phenoxy) is 1. The lowest BCUT2D eigenvalue weighted by molar-refractivity contribution is -0.137. The van der Waals surface area contributed by atoms with E-state index in [9.17, 15) is 14.4 Å². The van der Waals surface area contributed by atoms with Gasteiger partial charge in [-0.3, -0.25) is 14.4 Å². The molecule has 1 aromatic carbocycles. The van der Waals surface area contributed by atoms with Crippen molar-refractivity contribution in [1.29, 1.82) is 0 Å². The maximum absolute atomic E-state index is 11.7. The fourth-order valence-electron chi connectivity index (χ4n) is 1.97. The van der Waals surface area contributed by atoms with Gasteiger partial charge in [0.15, 0.2) is 6.61 Å². The Bertz CT molecular complexity index is 563. The highest BCUT2D eigenvalue weighted by Gasteiger charge is 2.19. The van der Waals surface area contributed by atoms with Crippen LogP contribution in [0.2, 0.25) is 0 Å². The summed E-state index contributed by atoms with van der Waals surface area (Å²) >= 11 is 0. The summed E-state index contributed by atoms with van der Waals surface area (Å²) in [6, 6.07) is 9.96. The van der Waals surface area contributed by atoms with Crippen LogP contribution in [0.1, 0.15) is 18.4 Å². The molecule has 1 aromatic rings. The van der Waals surface area contributed by atoms with Gasteiger partial charge >= 0.3 is 0 Å². The lowest BCUT2D eigenvalue weighted by Crippen LogP contribution is -2.30. The first kappa shape index (κ1) is 15.0. The molecule has 0 bridgehead atoms. The number of nitrogens with one attached hydrogen (secondary N) is 1. The molecule has 1 amide bonds. The zero-order valence-corrected chi connectivity index (χ0v) is 11.6. The normalized spacial score (nSPS) is 14.4. The summed E-state index contributed by atoms with van der Waals surface area (Å²) in [5.74, 6) is -0.904. The fraction of sp³-hybridized carbons (Fsp3) is 0.312. The quantitative estimate of drug-likeness (QED) is 0.797. The molecule has 1 aliphatic heterocycles. The van der Waals surface area contributed by atoms with Gasteiger partial charge in [-0.25, -0.2) is 0 Å². The molecule has 0 spiro atoms. The summed E-state index contributed by atoms with van der Waals surface area (Å²) in [5.41, 5.74) is 1.20. The molecule has 0 radical (unpaired) electrons. The predicted molar refractivity (Wildman–Crippen MR) is 76.4 cm³/mol. The number of benzene rings is 1. The van der Waals surface area contributed by atoms with Gasteiger partial charge in [0.2, 0.25) is 17.5 Å². The number of amides is 1. The van der Waals surface area contributed by atoms with Crippen LogP contribution in [0.3, 0.4) is 0 Å². The second kappa shape index (κ2) is 7.38. The van der Waals surface area contributed by atoms with E-state index >= 15 is 0 Å². The third-order valence-corrected chi connectivity index (χ3v) is 3.13. The highest BCUT2D eigenvalue weighted by molar-refractivity contribution is 6.42. The van der Waals surface area contributed by atoms with Crippen LogP contribution >= 0.6 is 0 Å². The number of Topliss-reactive ketones (excluding diaryl/α,β-unsaturated/α-hetero) is 1. The van der Waals surface area contributed by atoms with Crippen molar-refractivity contribution in [3.05, 3.63) is 47.7 Å². The maximum atomic E-state index is 11.7. The SMILES string of the molecule is O=C(CCCc1ccccc1)NCC1=CC(=O)C(=O)CO1. The molecule has 0 fully saturated rings. The third-order valence-electron chi connectivity index (χ3n) is 3.13. The van der Waals surface area contributed by atoms with Crippen LogP contribution in [0.15, 0.2) is 42.2 Å². The van der Waals surface area contributed by atoms with Crippen molar-refractivity contribution in [3.63, 3.8) is 0 Å². The van der Waals surface area contributed by atoms with Crippen molar-refractivity contribution < 1.29 is 19.1 Å². The second-order valence-electron chi connectivity index (χ2n) is 4.80. The minimum absolute atomic E-state index is 0.0974. The van der Waals surface area contributed by atoms with E-state index in [0.29, 0.717) is 12.2 Å². The Morgan fingerprint density at radius 2 is 1.95 bits per heavy atom. The smallest absolute Gasteiger partial charge is 0.240 e. The van der Waals surface area contributed by atoms with E-state index < -0.39 is 11.6 Å². The van der Waals surface area contributed by atoms with Gasteiger partial charge in [-0.15, -0.1) is 0 Å². The van der Waals surface area contributed by atoms with Crippen LogP contribution in [0.5, 0.6) is 0 Å². The number of rotatable bonds is 6. The van der Waals surface area contributed by atoms with E-state index in [2.05, 4.69) is 5.32 Å². The number of carbonyl (C=O) groups excluding carboxylic acids is 3. The van der Waals surface area contributed by atoms with Gasteiger partial charge in [0.25, 0.3) is 0 Å². The average Bonchev–Trinajstić information content (AvgIpc) is 2.49. The Kier molecular flexibility index (Phi) is 5.26. The largest absolute Gasteiger partial charge is 0.488 e. The molecule has 0 atom stereocenters. The molecular formula is C16H17NO4. The van der Waals surface area contributed by atoms with Crippen LogP contribution in [-0.2, 0) is 25.5 Å². The minimum Gasteiger partial charge on any atom is -0.488 e. The Balaban J connectivity index is 1.67. The molecule has 0 aliphatic carbocycles. The monoisotopic (exact) mass is 287 g/mol. The van der Waals surface area contributed by atoms with Gasteiger partial charge in [-0.1, -0.05) is 30.3 Å². The van der Waals surface area contributed by atoms with Crippen molar-refractivity contribution in [3.8, 4) is 0 Å². The lowest BCUT2D eigenvalue weighted by atomic mass is 10.1. The Labute approximate surface area is 123 Å². The molecule has 2 rings (SSSR count). The van der Waals surface area contributed by atoms with Gasteiger partial charge < -0.3 is 10.1 Å². The third kappa shape index (κ3) is 4.87. The summed E-state index contributed by atoms with van der Waals surface area (Å²) in [4.78, 5) is 33.8. The van der Waals surface area contributed by atoms with Crippen LogP contribution in [0.4, 0.5) is 0 Å². The topological polar surface area (TPSA) is 72.5 Å². The first-order valence-electron chi connectivity index (χ1n) is 6.86. The summed E-state index contributed by atoms with van der Waals surface area (Å²) in [5, 5.41) is 2.68. The molecule has 1 N–H and O–H groups in total. The first-order chi connectivity index (χ1) is 10.1. The molecule has 0 saturated carbocycles. The summed E-state index contributed by atoms with van der Waals surface area (Å²) in [6.45, 7) is -0.0995. The molecule has 5 heteroatoms. The highest BCUT2D eigenvalue weighted by atomic mass is 16.5. The number of allylic oxidation sites excluding steroid dienone is 1. The predicted octanol–water partition coefficient (Wildman–Crippen LogP) is 1.18. The average molecular weight is 287 g/mol. The summed E-state index contributed by atoms with van der Waals surface area (Å²) in [7, 11) is 0. The van der Waals surface area contributed by atoms with Crippen molar-refractivity contribution >= 4 is 17.5 Å². The molecule has 5 nitrogen and oxygen atoms in total. The van der Waals surface area contributed by atoms with E-state index in [1.54, 1.807) is 0 Å². The number of carbonyl (C=O) groups is 3. The lowest BCUT2D eigenvalue weighted by Gasteiger charge is -2.14. The maximum Gasteiger partial charge on any atom is 0.240 e. The Morgan fingerprint density at radius 3 is 2.67 bits per heavy atom. The molecule has 110 valence electrons.